The van der Waals surface area contributed by atoms with Gasteiger partial charge in [-0.25, -0.2) is 0 Å². The minimum absolute atomic E-state index is 0.290. The summed E-state index contributed by atoms with van der Waals surface area (Å²) in [5, 5.41) is 39.4. The Bertz CT molecular complexity index is 992. The number of nitro groups is 2. The summed E-state index contributed by atoms with van der Waals surface area (Å²) in [6.07, 6.45) is 0. The summed E-state index contributed by atoms with van der Waals surface area (Å²) < 4.78 is 0. The SMILES string of the molecule is CCN(CC)c1ccc(N=Nc2c(C#N)cc([N+](=O)[O-])cc2[N+](=O)[O-])c(C)c1. The number of rotatable bonds is 7. The number of benzene rings is 2. The molecule has 0 bridgehead atoms. The number of non-ortho nitro benzene ring substituents is 1. The average Bonchev–Trinajstić information content (AvgIpc) is 2.67. The molecule has 0 unspecified atom stereocenters. The Morgan fingerprint density at radius 3 is 2.25 bits per heavy atom. The van der Waals surface area contributed by atoms with Gasteiger partial charge in [-0.05, 0) is 44.5 Å². The number of anilines is 1. The van der Waals surface area contributed by atoms with Crippen LogP contribution in [0.1, 0.15) is 25.0 Å². The third kappa shape index (κ3) is 4.27. The molecule has 0 N–H and O–H groups in total. The van der Waals surface area contributed by atoms with Gasteiger partial charge in [-0.3, -0.25) is 20.2 Å². The lowest BCUT2D eigenvalue weighted by atomic mass is 10.1. The van der Waals surface area contributed by atoms with Crippen LogP contribution in [0.15, 0.2) is 40.6 Å². The maximum absolute atomic E-state index is 11.3. The van der Waals surface area contributed by atoms with Crippen molar-refractivity contribution in [2.75, 3.05) is 18.0 Å². The van der Waals surface area contributed by atoms with Gasteiger partial charge in [-0.15, -0.1) is 10.2 Å². The van der Waals surface area contributed by atoms with E-state index in [-0.39, 0.29) is 11.3 Å². The largest absolute Gasteiger partial charge is 0.372 e. The lowest BCUT2D eigenvalue weighted by Crippen LogP contribution is -2.21. The predicted molar refractivity (Wildman–Crippen MR) is 103 cm³/mol. The lowest BCUT2D eigenvalue weighted by Gasteiger charge is -2.21. The van der Waals surface area contributed by atoms with E-state index in [0.717, 1.165) is 36.5 Å². The van der Waals surface area contributed by atoms with E-state index in [0.29, 0.717) is 5.69 Å². The van der Waals surface area contributed by atoms with Crippen molar-refractivity contribution in [2.45, 2.75) is 20.8 Å². The second-order valence-electron chi connectivity index (χ2n) is 5.83. The summed E-state index contributed by atoms with van der Waals surface area (Å²) in [6.45, 7) is 7.61. The van der Waals surface area contributed by atoms with Crippen LogP contribution in [0, 0.1) is 38.5 Å². The van der Waals surface area contributed by atoms with Crippen LogP contribution in [0.25, 0.3) is 0 Å². The Labute approximate surface area is 161 Å². The van der Waals surface area contributed by atoms with Gasteiger partial charge in [-0.2, -0.15) is 5.26 Å². The van der Waals surface area contributed by atoms with Crippen LogP contribution in [0.3, 0.4) is 0 Å². The Balaban J connectivity index is 2.50. The molecule has 2 aromatic rings. The van der Waals surface area contributed by atoms with E-state index in [4.69, 9.17) is 0 Å². The quantitative estimate of drug-likeness (QED) is 0.377. The Kier molecular flexibility index (Phi) is 6.34. The molecule has 0 heterocycles. The highest BCUT2D eigenvalue weighted by atomic mass is 16.6. The van der Waals surface area contributed by atoms with E-state index in [1.54, 1.807) is 12.1 Å². The highest BCUT2D eigenvalue weighted by Gasteiger charge is 2.24. The molecule has 0 aromatic heterocycles. The monoisotopic (exact) mass is 382 g/mol. The third-order valence-corrected chi connectivity index (χ3v) is 4.17. The molecule has 10 nitrogen and oxygen atoms in total. The van der Waals surface area contributed by atoms with Gasteiger partial charge in [0.2, 0.25) is 0 Å². The third-order valence-electron chi connectivity index (χ3n) is 4.17. The number of nitro benzene ring substituents is 2. The lowest BCUT2D eigenvalue weighted by molar-refractivity contribution is -0.393. The average molecular weight is 382 g/mol. The number of hydrogen-bond acceptors (Lipinski definition) is 8. The number of azo groups is 1. The normalized spacial score (nSPS) is 10.6. The summed E-state index contributed by atoms with van der Waals surface area (Å²) in [6, 6.07) is 8.94. The molecule has 0 aliphatic carbocycles. The first-order valence-corrected chi connectivity index (χ1v) is 8.46. The fourth-order valence-electron chi connectivity index (χ4n) is 2.68. The smallest absolute Gasteiger partial charge is 0.304 e. The standard InChI is InChI=1S/C18H18N6O4/c1-4-22(5-2)14-6-7-16(12(3)8-14)20-21-18-13(11-19)9-15(23(25)26)10-17(18)24(27)28/h6-10H,4-5H2,1-3H3. The zero-order valence-electron chi connectivity index (χ0n) is 15.6. The van der Waals surface area contributed by atoms with Gasteiger partial charge < -0.3 is 4.90 Å². The molecule has 0 saturated carbocycles. The van der Waals surface area contributed by atoms with Crippen LogP contribution >= 0.6 is 0 Å². The van der Waals surface area contributed by atoms with Crippen molar-refractivity contribution in [3.8, 4) is 6.07 Å². The first-order valence-electron chi connectivity index (χ1n) is 8.46. The van der Waals surface area contributed by atoms with Crippen molar-refractivity contribution in [1.29, 1.82) is 5.26 Å². The van der Waals surface area contributed by atoms with Crippen molar-refractivity contribution in [3.63, 3.8) is 0 Å². The number of nitrogens with zero attached hydrogens (tertiary/aromatic N) is 6. The zero-order chi connectivity index (χ0) is 20.8. The molecule has 28 heavy (non-hydrogen) atoms. The van der Waals surface area contributed by atoms with Crippen molar-refractivity contribution < 1.29 is 9.85 Å². The first-order chi connectivity index (χ1) is 13.3. The molecular formula is C18H18N6O4. The van der Waals surface area contributed by atoms with E-state index in [1.807, 2.05) is 32.9 Å². The molecule has 144 valence electrons. The molecule has 0 aliphatic rings. The Hall–Kier alpha value is -3.87. The minimum atomic E-state index is -0.821. The zero-order valence-corrected chi connectivity index (χ0v) is 15.6. The van der Waals surface area contributed by atoms with Gasteiger partial charge in [0.05, 0.1) is 27.2 Å². The molecule has 0 radical (unpaired) electrons. The molecule has 2 aromatic carbocycles. The summed E-state index contributed by atoms with van der Waals surface area (Å²) in [7, 11) is 0. The number of aryl methyl sites for hydroxylation is 1. The molecule has 0 fully saturated rings. The van der Waals surface area contributed by atoms with Gasteiger partial charge >= 0.3 is 5.69 Å². The maximum atomic E-state index is 11.3. The molecule has 2 rings (SSSR count). The predicted octanol–water partition coefficient (Wildman–Crippen LogP) is 4.94. The molecule has 0 spiro atoms. The molecular weight excluding hydrogens is 364 g/mol. The van der Waals surface area contributed by atoms with Gasteiger partial charge in [0, 0.05) is 24.8 Å². The van der Waals surface area contributed by atoms with E-state index < -0.39 is 21.2 Å². The van der Waals surface area contributed by atoms with Gasteiger partial charge in [0.25, 0.3) is 5.69 Å². The second kappa shape index (κ2) is 8.68. The van der Waals surface area contributed by atoms with Crippen LogP contribution in [0.2, 0.25) is 0 Å². The van der Waals surface area contributed by atoms with Crippen LogP contribution in [0.5, 0.6) is 0 Å². The second-order valence-corrected chi connectivity index (χ2v) is 5.83. The highest BCUT2D eigenvalue weighted by molar-refractivity contribution is 5.70. The van der Waals surface area contributed by atoms with Crippen molar-refractivity contribution in [3.05, 3.63) is 61.7 Å². The Morgan fingerprint density at radius 1 is 1.07 bits per heavy atom. The Morgan fingerprint density at radius 2 is 1.75 bits per heavy atom. The summed E-state index contributed by atoms with van der Waals surface area (Å²) in [5.74, 6) is 0. The molecule has 0 amide bonds. The van der Waals surface area contributed by atoms with Gasteiger partial charge in [0.15, 0.2) is 5.69 Å². The fourth-order valence-corrected chi connectivity index (χ4v) is 2.68. The number of hydrogen-bond donors (Lipinski definition) is 0. The van der Waals surface area contributed by atoms with Crippen LogP contribution in [-0.4, -0.2) is 22.9 Å². The van der Waals surface area contributed by atoms with Crippen LogP contribution in [-0.2, 0) is 0 Å². The van der Waals surface area contributed by atoms with Crippen molar-refractivity contribution in [1.82, 2.24) is 0 Å². The van der Waals surface area contributed by atoms with Crippen molar-refractivity contribution in [2.24, 2.45) is 10.2 Å². The molecule has 0 saturated heterocycles. The molecule has 0 aliphatic heterocycles. The topological polar surface area (TPSA) is 138 Å². The van der Waals surface area contributed by atoms with E-state index in [2.05, 4.69) is 15.1 Å². The summed E-state index contributed by atoms with van der Waals surface area (Å²) >= 11 is 0. The van der Waals surface area contributed by atoms with E-state index >= 15 is 0 Å². The number of nitriles is 1. The van der Waals surface area contributed by atoms with Gasteiger partial charge in [-0.1, -0.05) is 0 Å². The highest BCUT2D eigenvalue weighted by Crippen LogP contribution is 2.37. The maximum Gasteiger partial charge on any atom is 0.304 e. The fraction of sp³-hybridized carbons (Fsp3) is 0.278. The first kappa shape index (κ1) is 20.4. The van der Waals surface area contributed by atoms with Crippen LogP contribution in [0.4, 0.5) is 28.4 Å². The molecule has 10 heteroatoms. The van der Waals surface area contributed by atoms with E-state index in [1.165, 1.54) is 0 Å². The minimum Gasteiger partial charge on any atom is -0.372 e. The van der Waals surface area contributed by atoms with Crippen molar-refractivity contribution >= 4 is 28.4 Å². The van der Waals surface area contributed by atoms with E-state index in [9.17, 15) is 25.5 Å². The van der Waals surface area contributed by atoms with Gasteiger partial charge in [0.1, 0.15) is 6.07 Å². The van der Waals surface area contributed by atoms with Crippen LogP contribution < -0.4 is 4.90 Å². The molecule has 0 atom stereocenters. The summed E-state index contributed by atoms with van der Waals surface area (Å²) in [5.41, 5.74) is 0.491. The summed E-state index contributed by atoms with van der Waals surface area (Å²) in [4.78, 5) is 22.8.